The minimum absolute atomic E-state index is 0.00233. The molecule has 6 aromatic rings. The summed E-state index contributed by atoms with van der Waals surface area (Å²) >= 11 is 0. The molecule has 0 saturated heterocycles. The number of rotatable bonds is 15. The van der Waals surface area contributed by atoms with E-state index in [1.807, 2.05) is 13.8 Å². The topological polar surface area (TPSA) is 276 Å². The summed E-state index contributed by atoms with van der Waals surface area (Å²) in [4.78, 5) is 74.6. The summed E-state index contributed by atoms with van der Waals surface area (Å²) in [5.41, 5.74) is 14.0. The van der Waals surface area contributed by atoms with Crippen molar-refractivity contribution in [2.75, 3.05) is 30.3 Å². The summed E-state index contributed by atoms with van der Waals surface area (Å²) in [5, 5.41) is 35.2. The zero-order valence-corrected chi connectivity index (χ0v) is 31.1. The zero-order valence-electron chi connectivity index (χ0n) is 31.1. The van der Waals surface area contributed by atoms with Gasteiger partial charge in [-0.1, -0.05) is 0 Å². The molecule has 0 spiro atoms. The van der Waals surface area contributed by atoms with Crippen LogP contribution in [0.5, 0.6) is 5.75 Å². The number of phenols is 1. The predicted molar refractivity (Wildman–Crippen MR) is 203 cm³/mol. The van der Waals surface area contributed by atoms with Gasteiger partial charge in [0.15, 0.2) is 5.75 Å². The largest absolute Gasteiger partial charge is 0.505 e. The number of aromatic nitrogens is 8. The van der Waals surface area contributed by atoms with Gasteiger partial charge in [-0.2, -0.15) is 10.2 Å². The van der Waals surface area contributed by atoms with Crippen LogP contribution in [0.1, 0.15) is 66.9 Å². The number of aliphatic hydroxyl groups excluding tert-OH is 1. The highest BCUT2D eigenvalue weighted by atomic mass is 16.3. The molecule has 292 valence electrons. The number of hydrogen-bond acceptors (Lipinski definition) is 11. The Kier molecular flexibility index (Phi) is 10.8. The fourth-order valence-electron chi connectivity index (χ4n) is 6.48. The fraction of sp³-hybridized carbons (Fsp3) is 0.306. The van der Waals surface area contributed by atoms with Gasteiger partial charge in [0.1, 0.15) is 23.5 Å². The monoisotopic (exact) mass is 767 g/mol. The first-order valence-corrected chi connectivity index (χ1v) is 17.7. The number of fused-ring (bicyclic) bond motifs is 2. The third-order valence-corrected chi connectivity index (χ3v) is 9.19. The lowest BCUT2D eigenvalue weighted by atomic mass is 10.1. The van der Waals surface area contributed by atoms with E-state index in [0.717, 1.165) is 0 Å². The normalized spacial score (nSPS) is 11.3. The number of anilines is 2. The van der Waals surface area contributed by atoms with Gasteiger partial charge in [-0.05, 0) is 70.2 Å². The molecular weight excluding hydrogens is 726 g/mol. The summed E-state index contributed by atoms with van der Waals surface area (Å²) in [7, 11) is 0. The van der Waals surface area contributed by atoms with Crippen molar-refractivity contribution in [1.82, 2.24) is 43.6 Å². The number of aryl methyl sites for hydroxylation is 4. The maximum Gasteiger partial charge on any atom is 0.276 e. The van der Waals surface area contributed by atoms with E-state index in [0.29, 0.717) is 46.7 Å². The van der Waals surface area contributed by atoms with Gasteiger partial charge < -0.3 is 35.7 Å². The maximum absolute atomic E-state index is 13.5. The molecule has 0 fully saturated rings. The Morgan fingerprint density at radius 1 is 0.750 bits per heavy atom. The molecule has 0 aliphatic heterocycles. The van der Waals surface area contributed by atoms with E-state index in [2.05, 4.69) is 30.8 Å². The second kappa shape index (κ2) is 15.7. The Morgan fingerprint density at radius 2 is 1.29 bits per heavy atom. The van der Waals surface area contributed by atoms with Gasteiger partial charge in [0.05, 0.1) is 33.5 Å². The van der Waals surface area contributed by atoms with Crippen LogP contribution in [-0.4, -0.2) is 103 Å². The van der Waals surface area contributed by atoms with Gasteiger partial charge in [0.25, 0.3) is 17.7 Å². The Balaban J connectivity index is 1.32. The number of hydrogen-bond donors (Lipinski definition) is 6. The molecule has 0 radical (unpaired) electrons. The first kappa shape index (κ1) is 38.6. The van der Waals surface area contributed by atoms with E-state index in [4.69, 9.17) is 11.5 Å². The van der Waals surface area contributed by atoms with Crippen LogP contribution in [0, 0.1) is 13.8 Å². The van der Waals surface area contributed by atoms with Gasteiger partial charge >= 0.3 is 0 Å². The SMILES string of the molecule is CCn1nc(C)cc1C(=O)Nc1nc2cc(C(N)=O)ccc2n1CCN(CCn1c(NC(=O)c2cc(C)nn2CC)nc2c(O)c(C(N)=O)ccc21)C(=O)CO. The Morgan fingerprint density at radius 3 is 1.80 bits per heavy atom. The number of imidazole rings is 2. The number of aliphatic hydroxyl groups is 1. The molecule has 6 rings (SSSR count). The minimum Gasteiger partial charge on any atom is -0.505 e. The summed E-state index contributed by atoms with van der Waals surface area (Å²) in [6.45, 7) is 7.26. The highest BCUT2D eigenvalue weighted by Crippen LogP contribution is 2.31. The van der Waals surface area contributed by atoms with Crippen LogP contribution in [0.25, 0.3) is 22.1 Å². The van der Waals surface area contributed by atoms with Crippen molar-refractivity contribution in [1.29, 1.82) is 0 Å². The van der Waals surface area contributed by atoms with E-state index in [1.54, 1.807) is 45.9 Å². The van der Waals surface area contributed by atoms with Gasteiger partial charge in [-0.3, -0.25) is 44.0 Å². The van der Waals surface area contributed by atoms with Gasteiger partial charge in [-0.25, -0.2) is 9.97 Å². The van der Waals surface area contributed by atoms with Crippen LogP contribution in [-0.2, 0) is 31.0 Å². The molecule has 56 heavy (non-hydrogen) atoms. The molecule has 20 nitrogen and oxygen atoms in total. The lowest BCUT2D eigenvalue weighted by molar-refractivity contribution is -0.134. The number of aromatic hydroxyl groups is 1. The van der Waals surface area contributed by atoms with Gasteiger partial charge in [-0.15, -0.1) is 0 Å². The Hall–Kier alpha value is -7.09. The maximum atomic E-state index is 13.5. The smallest absolute Gasteiger partial charge is 0.276 e. The standard InChI is InChI=1S/C36H41N13O7/c1-5-48-26(15-19(3)43-48)33(55)41-35-39-23-17-21(31(37)53)7-9-24(23)46(35)13-11-45(28(51)18-50)12-14-47-25-10-8-22(32(38)54)30(52)29(25)40-36(47)42-34(56)27-16-20(4)44-49(27)6-2/h7-10,15-17,50,52H,5-6,11-14,18H2,1-4H3,(H2,37,53)(H2,38,54)(H,39,41,55)(H,40,42,56). The van der Waals surface area contributed by atoms with Crippen molar-refractivity contribution in [3.8, 4) is 5.75 Å². The number of primary amides is 2. The molecular formula is C36H41N13O7. The predicted octanol–water partition coefficient (Wildman–Crippen LogP) is 1.36. The molecule has 4 aromatic heterocycles. The quantitative estimate of drug-likeness (QED) is 0.0868. The van der Waals surface area contributed by atoms with Crippen molar-refractivity contribution < 1.29 is 34.2 Å². The third-order valence-electron chi connectivity index (χ3n) is 9.19. The van der Waals surface area contributed by atoms with E-state index in [9.17, 15) is 34.2 Å². The van der Waals surface area contributed by atoms with Crippen LogP contribution >= 0.6 is 0 Å². The first-order chi connectivity index (χ1) is 26.7. The Bertz CT molecular complexity index is 2530. The number of amides is 5. The molecule has 4 heterocycles. The van der Waals surface area contributed by atoms with Crippen molar-refractivity contribution >= 4 is 63.5 Å². The summed E-state index contributed by atoms with van der Waals surface area (Å²) < 4.78 is 6.29. The van der Waals surface area contributed by atoms with Crippen LogP contribution in [0.2, 0.25) is 0 Å². The average Bonchev–Trinajstić information content (AvgIpc) is 3.93. The molecule has 0 unspecified atom stereocenters. The number of nitrogens with zero attached hydrogens (tertiary/aromatic N) is 9. The average molecular weight is 768 g/mol. The van der Waals surface area contributed by atoms with Crippen LogP contribution in [0.4, 0.5) is 11.9 Å². The summed E-state index contributed by atoms with van der Waals surface area (Å²) in [6, 6.07) is 10.7. The fourth-order valence-corrected chi connectivity index (χ4v) is 6.48. The van der Waals surface area contributed by atoms with E-state index in [1.165, 1.54) is 33.8 Å². The highest BCUT2D eigenvalue weighted by Gasteiger charge is 2.24. The number of nitrogens with one attached hydrogen (secondary N) is 2. The first-order valence-electron chi connectivity index (χ1n) is 17.7. The number of carbonyl (C=O) groups is 5. The van der Waals surface area contributed by atoms with Crippen LogP contribution in [0.3, 0.4) is 0 Å². The zero-order chi connectivity index (χ0) is 40.4. The third kappa shape index (κ3) is 7.49. The molecule has 0 bridgehead atoms. The second-order valence-corrected chi connectivity index (χ2v) is 12.9. The van der Waals surface area contributed by atoms with Crippen molar-refractivity contribution in [3.05, 3.63) is 76.4 Å². The molecule has 8 N–H and O–H groups in total. The Labute approximate surface area is 318 Å². The van der Waals surface area contributed by atoms with E-state index >= 15 is 0 Å². The molecule has 0 saturated carbocycles. The molecule has 20 heteroatoms. The van der Waals surface area contributed by atoms with Crippen molar-refractivity contribution in [2.45, 2.75) is 53.9 Å². The van der Waals surface area contributed by atoms with Crippen molar-refractivity contribution in [3.63, 3.8) is 0 Å². The highest BCUT2D eigenvalue weighted by molar-refractivity contribution is 6.05. The van der Waals surface area contributed by atoms with Gasteiger partial charge in [0.2, 0.25) is 23.7 Å². The molecule has 0 aliphatic rings. The number of carbonyl (C=O) groups excluding carboxylic acids is 5. The van der Waals surface area contributed by atoms with E-state index in [-0.39, 0.29) is 60.4 Å². The van der Waals surface area contributed by atoms with Crippen LogP contribution in [0.15, 0.2) is 42.5 Å². The molecule has 0 atom stereocenters. The lowest BCUT2D eigenvalue weighted by Crippen LogP contribution is -2.38. The molecule has 0 aliphatic carbocycles. The van der Waals surface area contributed by atoms with Crippen LogP contribution < -0.4 is 22.1 Å². The van der Waals surface area contributed by atoms with E-state index < -0.39 is 41.9 Å². The van der Waals surface area contributed by atoms with Crippen molar-refractivity contribution in [2.24, 2.45) is 11.5 Å². The summed E-state index contributed by atoms with van der Waals surface area (Å²) in [5.74, 6) is -3.57. The number of benzene rings is 2. The second-order valence-electron chi connectivity index (χ2n) is 12.9. The molecule has 2 aromatic carbocycles. The minimum atomic E-state index is -0.883. The summed E-state index contributed by atoms with van der Waals surface area (Å²) in [6.07, 6.45) is 0. The lowest BCUT2D eigenvalue weighted by Gasteiger charge is -2.24. The number of nitrogens with two attached hydrogens (primary N) is 2. The van der Waals surface area contributed by atoms with Gasteiger partial charge in [0, 0.05) is 44.8 Å². The molecule has 5 amide bonds.